The lowest BCUT2D eigenvalue weighted by atomic mass is 10.1. The van der Waals surface area contributed by atoms with Gasteiger partial charge in [-0.25, -0.2) is 9.50 Å². The third-order valence-corrected chi connectivity index (χ3v) is 6.99. The van der Waals surface area contributed by atoms with Crippen molar-refractivity contribution in [3.63, 3.8) is 0 Å². The highest BCUT2D eigenvalue weighted by Crippen LogP contribution is 2.29. The van der Waals surface area contributed by atoms with E-state index in [0.717, 1.165) is 54.8 Å². The summed E-state index contributed by atoms with van der Waals surface area (Å²) < 4.78 is 1.78. The number of rotatable bonds is 4. The number of anilines is 1. The molecule has 170 valence electrons. The van der Waals surface area contributed by atoms with E-state index in [0.29, 0.717) is 16.6 Å². The molecule has 1 aromatic carbocycles. The summed E-state index contributed by atoms with van der Waals surface area (Å²) in [6, 6.07) is 10.7. The molecule has 0 spiro atoms. The molecular formula is C24H26N6O2S. The highest BCUT2D eigenvalue weighted by atomic mass is 32.2. The van der Waals surface area contributed by atoms with E-state index < -0.39 is 5.91 Å². The Morgan fingerprint density at radius 2 is 1.88 bits per heavy atom. The zero-order valence-electron chi connectivity index (χ0n) is 18.9. The second kappa shape index (κ2) is 8.64. The van der Waals surface area contributed by atoms with Crippen LogP contribution < -0.4 is 10.2 Å². The SMILES string of the molecule is Cc1cc(-c2cnc3ccc(C=C4SC(=O)NC4=O)nn23)ccc1N1CCN(C(C)C)CC1. The maximum Gasteiger partial charge on any atom is 0.290 e. The van der Waals surface area contributed by atoms with Gasteiger partial charge in [-0.3, -0.25) is 19.8 Å². The second-order valence-electron chi connectivity index (χ2n) is 8.64. The summed E-state index contributed by atoms with van der Waals surface area (Å²) in [7, 11) is 0. The maximum atomic E-state index is 11.9. The van der Waals surface area contributed by atoms with Crippen LogP contribution in [0.2, 0.25) is 0 Å². The van der Waals surface area contributed by atoms with Gasteiger partial charge in [-0.15, -0.1) is 0 Å². The van der Waals surface area contributed by atoms with Gasteiger partial charge in [-0.05, 0) is 68.4 Å². The molecule has 8 nitrogen and oxygen atoms in total. The number of aromatic nitrogens is 3. The fraction of sp³-hybridized carbons (Fsp3) is 0.333. The Hall–Kier alpha value is -3.17. The number of imide groups is 1. The van der Waals surface area contributed by atoms with E-state index in [-0.39, 0.29) is 5.24 Å². The number of aryl methyl sites for hydroxylation is 1. The van der Waals surface area contributed by atoms with Crippen molar-refractivity contribution in [3.8, 4) is 11.3 Å². The van der Waals surface area contributed by atoms with Crippen molar-refractivity contribution in [2.75, 3.05) is 31.1 Å². The number of thioether (sulfide) groups is 1. The first-order chi connectivity index (χ1) is 15.9. The van der Waals surface area contributed by atoms with Crippen LogP contribution in [0.25, 0.3) is 23.0 Å². The molecule has 2 aromatic heterocycles. The predicted octanol–water partition coefficient (Wildman–Crippen LogP) is 3.56. The van der Waals surface area contributed by atoms with E-state index >= 15 is 0 Å². The number of carbonyl (C=O) groups excluding carboxylic acids is 2. The zero-order valence-corrected chi connectivity index (χ0v) is 19.7. The highest BCUT2D eigenvalue weighted by molar-refractivity contribution is 8.18. The summed E-state index contributed by atoms with van der Waals surface area (Å²) in [5.41, 5.74) is 5.71. The fourth-order valence-electron chi connectivity index (χ4n) is 4.37. The van der Waals surface area contributed by atoms with Crippen molar-refractivity contribution in [2.45, 2.75) is 26.8 Å². The van der Waals surface area contributed by atoms with Crippen LogP contribution in [0.5, 0.6) is 0 Å². The van der Waals surface area contributed by atoms with Gasteiger partial charge in [0.2, 0.25) is 0 Å². The van der Waals surface area contributed by atoms with Crippen molar-refractivity contribution in [1.29, 1.82) is 0 Å². The molecule has 2 amide bonds. The average molecular weight is 463 g/mol. The van der Waals surface area contributed by atoms with Gasteiger partial charge in [0.15, 0.2) is 5.65 Å². The van der Waals surface area contributed by atoms with E-state index in [1.165, 1.54) is 11.3 Å². The molecule has 0 aliphatic carbocycles. The minimum atomic E-state index is -0.391. The molecule has 5 rings (SSSR count). The standard InChI is InChI=1S/C24H26N6O2S/c1-15(2)28-8-10-29(11-9-28)19-6-4-17(12-16(19)3)20-14-25-22-7-5-18(27-30(20)22)13-21-23(31)26-24(32)33-21/h4-7,12-15H,8-11H2,1-3H3,(H,26,31,32). The van der Waals surface area contributed by atoms with Crippen molar-refractivity contribution in [1.82, 2.24) is 24.8 Å². The third-order valence-electron chi connectivity index (χ3n) is 6.18. The van der Waals surface area contributed by atoms with Gasteiger partial charge >= 0.3 is 0 Å². The van der Waals surface area contributed by atoms with E-state index in [4.69, 9.17) is 0 Å². The number of carbonyl (C=O) groups is 2. The topological polar surface area (TPSA) is 82.8 Å². The lowest BCUT2D eigenvalue weighted by molar-refractivity contribution is -0.115. The molecule has 0 radical (unpaired) electrons. The third kappa shape index (κ3) is 4.26. The van der Waals surface area contributed by atoms with E-state index in [2.05, 4.69) is 64.2 Å². The monoisotopic (exact) mass is 462 g/mol. The number of imidazole rings is 1. The largest absolute Gasteiger partial charge is 0.369 e. The fourth-order valence-corrected chi connectivity index (χ4v) is 5.03. The van der Waals surface area contributed by atoms with Gasteiger partial charge < -0.3 is 4.90 Å². The lowest BCUT2D eigenvalue weighted by Crippen LogP contribution is -2.49. The van der Waals surface area contributed by atoms with Crippen LogP contribution in [0.4, 0.5) is 10.5 Å². The first-order valence-corrected chi connectivity index (χ1v) is 11.9. The van der Waals surface area contributed by atoms with Crippen LogP contribution in [-0.2, 0) is 4.79 Å². The van der Waals surface area contributed by atoms with Crippen LogP contribution in [0.15, 0.2) is 41.4 Å². The number of nitrogens with one attached hydrogen (secondary N) is 1. The molecule has 0 saturated carbocycles. The predicted molar refractivity (Wildman–Crippen MR) is 131 cm³/mol. The Balaban J connectivity index is 1.42. The summed E-state index contributed by atoms with van der Waals surface area (Å²) >= 11 is 0.884. The highest BCUT2D eigenvalue weighted by Gasteiger charge is 2.25. The summed E-state index contributed by atoms with van der Waals surface area (Å²) in [6.07, 6.45) is 3.44. The van der Waals surface area contributed by atoms with E-state index in [9.17, 15) is 9.59 Å². The van der Waals surface area contributed by atoms with Gasteiger partial charge in [0, 0.05) is 43.5 Å². The van der Waals surface area contributed by atoms with Gasteiger partial charge in [-0.1, -0.05) is 6.07 Å². The molecule has 1 N–H and O–H groups in total. The van der Waals surface area contributed by atoms with Crippen molar-refractivity contribution >= 4 is 40.3 Å². The summed E-state index contributed by atoms with van der Waals surface area (Å²) in [5.74, 6) is -0.391. The van der Waals surface area contributed by atoms with Crippen LogP contribution in [0.1, 0.15) is 25.1 Å². The van der Waals surface area contributed by atoms with Gasteiger partial charge in [0.05, 0.1) is 22.5 Å². The molecule has 3 aromatic rings. The number of hydrogen-bond acceptors (Lipinski definition) is 7. The maximum absolute atomic E-state index is 11.9. The van der Waals surface area contributed by atoms with Crippen molar-refractivity contribution in [2.24, 2.45) is 0 Å². The number of piperazine rings is 1. The van der Waals surface area contributed by atoms with Crippen LogP contribution in [-0.4, -0.2) is 62.9 Å². The first kappa shape index (κ1) is 21.7. The van der Waals surface area contributed by atoms with Crippen molar-refractivity contribution < 1.29 is 9.59 Å². The number of fused-ring (bicyclic) bond motifs is 1. The molecule has 0 bridgehead atoms. The minimum Gasteiger partial charge on any atom is -0.369 e. The molecule has 2 aliphatic heterocycles. The number of nitrogens with zero attached hydrogens (tertiary/aromatic N) is 5. The van der Waals surface area contributed by atoms with Gasteiger partial charge in [-0.2, -0.15) is 5.10 Å². The molecule has 4 heterocycles. The number of amides is 2. The summed E-state index contributed by atoms with van der Waals surface area (Å²) in [4.78, 5) is 33.1. The molecule has 0 atom stereocenters. The smallest absolute Gasteiger partial charge is 0.290 e. The summed E-state index contributed by atoms with van der Waals surface area (Å²) in [5, 5.41) is 6.56. The Morgan fingerprint density at radius 1 is 1.09 bits per heavy atom. The number of benzene rings is 1. The van der Waals surface area contributed by atoms with E-state index in [1.54, 1.807) is 16.7 Å². The van der Waals surface area contributed by atoms with Crippen molar-refractivity contribution in [3.05, 3.63) is 52.7 Å². The minimum absolute atomic E-state index is 0.339. The lowest BCUT2D eigenvalue weighted by Gasteiger charge is -2.38. The Bertz CT molecular complexity index is 1270. The molecule has 33 heavy (non-hydrogen) atoms. The molecule has 9 heteroatoms. The van der Waals surface area contributed by atoms with Crippen LogP contribution in [0, 0.1) is 6.92 Å². The van der Waals surface area contributed by atoms with Crippen LogP contribution in [0.3, 0.4) is 0 Å². The molecule has 2 saturated heterocycles. The van der Waals surface area contributed by atoms with Gasteiger partial charge in [0.1, 0.15) is 0 Å². The zero-order chi connectivity index (χ0) is 23.1. The number of hydrogen-bond donors (Lipinski definition) is 1. The quantitative estimate of drug-likeness (QED) is 0.594. The van der Waals surface area contributed by atoms with Gasteiger partial charge in [0.25, 0.3) is 11.1 Å². The molecule has 2 aliphatic rings. The Labute approximate surface area is 196 Å². The summed E-state index contributed by atoms with van der Waals surface area (Å²) in [6.45, 7) is 10.9. The second-order valence-corrected chi connectivity index (χ2v) is 9.66. The van der Waals surface area contributed by atoms with Crippen LogP contribution >= 0.6 is 11.8 Å². The molecular weight excluding hydrogens is 436 g/mol. The normalized spacial score (nSPS) is 18.7. The molecule has 0 unspecified atom stereocenters. The average Bonchev–Trinajstić information content (AvgIpc) is 3.35. The molecule has 2 fully saturated rings. The first-order valence-electron chi connectivity index (χ1n) is 11.1. The van der Waals surface area contributed by atoms with E-state index in [1.807, 2.05) is 12.3 Å². The Kier molecular flexibility index (Phi) is 5.67. The Morgan fingerprint density at radius 3 is 2.55 bits per heavy atom.